The van der Waals surface area contributed by atoms with Crippen molar-refractivity contribution in [1.82, 2.24) is 25.4 Å². The van der Waals surface area contributed by atoms with E-state index in [0.717, 1.165) is 5.56 Å². The molecule has 3 aromatic rings. The highest BCUT2D eigenvalue weighted by atomic mass is 16.5. The number of para-hydroxylation sites is 1. The lowest BCUT2D eigenvalue weighted by atomic mass is 10.0. The van der Waals surface area contributed by atoms with E-state index in [2.05, 4.69) is 20.7 Å². The van der Waals surface area contributed by atoms with Crippen molar-refractivity contribution in [2.75, 3.05) is 7.11 Å². The van der Waals surface area contributed by atoms with E-state index in [-0.39, 0.29) is 17.7 Å². The molecule has 0 radical (unpaired) electrons. The number of nitrogens with zero attached hydrogens (tertiary/aromatic N) is 3. The smallest absolute Gasteiger partial charge is 0.255 e. The first-order chi connectivity index (χ1) is 14.5. The monoisotopic (exact) mass is 407 g/mol. The van der Waals surface area contributed by atoms with E-state index in [1.807, 2.05) is 32.0 Å². The maximum atomic E-state index is 12.8. The van der Waals surface area contributed by atoms with Crippen LogP contribution in [0.3, 0.4) is 0 Å². The van der Waals surface area contributed by atoms with Crippen LogP contribution in [0.15, 0.2) is 61.1 Å². The van der Waals surface area contributed by atoms with Gasteiger partial charge in [-0.3, -0.25) is 9.59 Å². The third-order valence-electron chi connectivity index (χ3n) is 4.60. The number of amides is 2. The zero-order valence-corrected chi connectivity index (χ0v) is 17.2. The number of hydrogen-bond donors (Lipinski definition) is 2. The zero-order valence-electron chi connectivity index (χ0n) is 17.2. The molecule has 3 rings (SSSR count). The largest absolute Gasteiger partial charge is 0.496 e. The van der Waals surface area contributed by atoms with Gasteiger partial charge in [0.2, 0.25) is 5.91 Å². The van der Waals surface area contributed by atoms with Crippen molar-refractivity contribution < 1.29 is 14.3 Å². The summed E-state index contributed by atoms with van der Waals surface area (Å²) in [5.74, 6) is 0.412. The Morgan fingerprint density at radius 2 is 1.93 bits per heavy atom. The lowest BCUT2D eigenvalue weighted by molar-refractivity contribution is -0.124. The Kier molecular flexibility index (Phi) is 6.79. The van der Waals surface area contributed by atoms with Crippen LogP contribution in [0.4, 0.5) is 0 Å². The minimum Gasteiger partial charge on any atom is -0.496 e. The topological polar surface area (TPSA) is 98.1 Å². The van der Waals surface area contributed by atoms with Gasteiger partial charge in [-0.2, -0.15) is 5.10 Å². The molecule has 0 spiro atoms. The summed E-state index contributed by atoms with van der Waals surface area (Å²) < 4.78 is 6.89. The molecule has 0 fully saturated rings. The van der Waals surface area contributed by atoms with Crippen LogP contribution in [-0.4, -0.2) is 39.7 Å². The van der Waals surface area contributed by atoms with Gasteiger partial charge < -0.3 is 15.4 Å². The molecule has 0 aliphatic carbocycles. The molecule has 156 valence electrons. The van der Waals surface area contributed by atoms with Crippen molar-refractivity contribution in [3.05, 3.63) is 72.2 Å². The maximum absolute atomic E-state index is 12.8. The van der Waals surface area contributed by atoms with Gasteiger partial charge in [0.05, 0.1) is 12.7 Å². The van der Waals surface area contributed by atoms with Gasteiger partial charge in [-0.15, -0.1) is 0 Å². The molecule has 0 saturated carbocycles. The van der Waals surface area contributed by atoms with Crippen LogP contribution in [-0.2, 0) is 11.3 Å². The number of nitrogens with one attached hydrogen (secondary N) is 2. The number of aromatic nitrogens is 3. The van der Waals surface area contributed by atoms with Crippen molar-refractivity contribution in [2.45, 2.75) is 26.4 Å². The van der Waals surface area contributed by atoms with E-state index in [1.54, 1.807) is 47.5 Å². The Bertz CT molecular complexity index is 1000. The van der Waals surface area contributed by atoms with Gasteiger partial charge in [-0.25, -0.2) is 9.67 Å². The van der Waals surface area contributed by atoms with Crippen LogP contribution in [0.5, 0.6) is 5.75 Å². The number of ether oxygens (including phenoxy) is 1. The minimum absolute atomic E-state index is 0.0965. The Morgan fingerprint density at radius 1 is 1.13 bits per heavy atom. The fourth-order valence-corrected chi connectivity index (χ4v) is 2.99. The van der Waals surface area contributed by atoms with Crippen molar-refractivity contribution in [1.29, 1.82) is 0 Å². The third kappa shape index (κ3) is 5.02. The summed E-state index contributed by atoms with van der Waals surface area (Å²) in [5, 5.41) is 9.87. The van der Waals surface area contributed by atoms with Crippen LogP contribution in [0.25, 0.3) is 5.82 Å². The molecule has 1 atom stereocenters. The number of methoxy groups -OCH3 is 1. The van der Waals surface area contributed by atoms with Crippen LogP contribution in [0, 0.1) is 5.92 Å². The SMILES string of the molecule is COc1ccccc1C(=O)NC(C(=O)NCc1ccnc(-n2cccn2)c1)C(C)C. The first-order valence-electron chi connectivity index (χ1n) is 9.66. The lowest BCUT2D eigenvalue weighted by Crippen LogP contribution is -2.49. The summed E-state index contributed by atoms with van der Waals surface area (Å²) in [5.41, 5.74) is 1.26. The summed E-state index contributed by atoms with van der Waals surface area (Å²) >= 11 is 0. The summed E-state index contributed by atoms with van der Waals surface area (Å²) in [6.45, 7) is 4.08. The normalized spacial score (nSPS) is 11.7. The first-order valence-corrected chi connectivity index (χ1v) is 9.66. The van der Waals surface area contributed by atoms with Gasteiger partial charge in [-0.05, 0) is 41.8 Å². The molecule has 30 heavy (non-hydrogen) atoms. The fraction of sp³-hybridized carbons (Fsp3) is 0.273. The van der Waals surface area contributed by atoms with Crippen LogP contribution in [0.1, 0.15) is 29.8 Å². The highest BCUT2D eigenvalue weighted by molar-refractivity contribution is 5.99. The average molecular weight is 407 g/mol. The number of benzene rings is 1. The standard InChI is InChI=1S/C22H25N5O3/c1-15(2)20(26-21(28)17-7-4-5-8-18(17)30-3)22(29)24-14-16-9-11-23-19(13-16)27-12-6-10-25-27/h4-13,15,20H,14H2,1-3H3,(H,24,29)(H,26,28). The third-order valence-corrected chi connectivity index (χ3v) is 4.60. The predicted molar refractivity (Wildman–Crippen MR) is 112 cm³/mol. The quantitative estimate of drug-likeness (QED) is 0.597. The Labute approximate surface area is 175 Å². The first kappa shape index (κ1) is 21.0. The molecule has 2 heterocycles. The second-order valence-electron chi connectivity index (χ2n) is 7.09. The van der Waals surface area contributed by atoms with Crippen molar-refractivity contribution in [3.8, 4) is 11.6 Å². The van der Waals surface area contributed by atoms with Crippen LogP contribution >= 0.6 is 0 Å². The number of carbonyl (C=O) groups excluding carboxylic acids is 2. The number of hydrogen-bond acceptors (Lipinski definition) is 5. The van der Waals surface area contributed by atoms with Crippen molar-refractivity contribution in [3.63, 3.8) is 0 Å². The number of carbonyl (C=O) groups is 2. The summed E-state index contributed by atoms with van der Waals surface area (Å²) in [6, 6.07) is 11.7. The maximum Gasteiger partial charge on any atom is 0.255 e. The summed E-state index contributed by atoms with van der Waals surface area (Å²) in [7, 11) is 1.50. The van der Waals surface area contributed by atoms with Gasteiger partial charge in [0.25, 0.3) is 5.91 Å². The molecule has 0 aliphatic heterocycles. The van der Waals surface area contributed by atoms with Crippen molar-refractivity contribution in [2.24, 2.45) is 5.92 Å². The molecule has 0 bridgehead atoms. The molecule has 2 aromatic heterocycles. The van der Waals surface area contributed by atoms with Gasteiger partial charge in [0.1, 0.15) is 11.8 Å². The van der Waals surface area contributed by atoms with Gasteiger partial charge in [0.15, 0.2) is 5.82 Å². The van der Waals surface area contributed by atoms with E-state index < -0.39 is 6.04 Å². The van der Waals surface area contributed by atoms with Gasteiger partial charge in [-0.1, -0.05) is 26.0 Å². The molecule has 0 saturated heterocycles. The minimum atomic E-state index is -0.685. The van der Waals surface area contributed by atoms with E-state index >= 15 is 0 Å². The second kappa shape index (κ2) is 9.69. The molecule has 0 aliphatic rings. The second-order valence-corrected chi connectivity index (χ2v) is 7.09. The number of rotatable bonds is 8. The molecule has 8 nitrogen and oxygen atoms in total. The zero-order chi connectivity index (χ0) is 21.5. The average Bonchev–Trinajstić information content (AvgIpc) is 3.30. The molecule has 1 aromatic carbocycles. The van der Waals surface area contributed by atoms with Gasteiger partial charge in [0, 0.05) is 25.1 Å². The van der Waals surface area contributed by atoms with Gasteiger partial charge >= 0.3 is 0 Å². The number of pyridine rings is 1. The Morgan fingerprint density at radius 3 is 2.63 bits per heavy atom. The van der Waals surface area contributed by atoms with E-state index in [4.69, 9.17) is 4.74 Å². The molecule has 2 amide bonds. The Balaban J connectivity index is 1.66. The molecule has 1 unspecified atom stereocenters. The predicted octanol–water partition coefficient (Wildman–Crippen LogP) is 2.35. The molecular weight excluding hydrogens is 382 g/mol. The van der Waals surface area contributed by atoms with Crippen LogP contribution < -0.4 is 15.4 Å². The Hall–Kier alpha value is -3.68. The highest BCUT2D eigenvalue weighted by Gasteiger charge is 2.25. The highest BCUT2D eigenvalue weighted by Crippen LogP contribution is 2.17. The van der Waals surface area contributed by atoms with E-state index in [1.165, 1.54) is 7.11 Å². The summed E-state index contributed by atoms with van der Waals surface area (Å²) in [4.78, 5) is 29.8. The lowest BCUT2D eigenvalue weighted by Gasteiger charge is -2.22. The summed E-state index contributed by atoms with van der Waals surface area (Å²) in [6.07, 6.45) is 5.14. The van der Waals surface area contributed by atoms with E-state index in [9.17, 15) is 9.59 Å². The van der Waals surface area contributed by atoms with Crippen molar-refractivity contribution >= 4 is 11.8 Å². The molecular formula is C22H25N5O3. The molecule has 2 N–H and O–H groups in total. The van der Waals surface area contributed by atoms with E-state index in [0.29, 0.717) is 23.7 Å². The van der Waals surface area contributed by atoms with Crippen LogP contribution in [0.2, 0.25) is 0 Å². The fourth-order valence-electron chi connectivity index (χ4n) is 2.99. The molecule has 8 heteroatoms.